The molecule has 21 heavy (non-hydrogen) atoms. The highest BCUT2D eigenvalue weighted by Crippen LogP contribution is 2.28. The molecule has 0 amide bonds. The summed E-state index contributed by atoms with van der Waals surface area (Å²) in [4.78, 5) is 2.14. The molecule has 3 nitrogen and oxygen atoms in total. The summed E-state index contributed by atoms with van der Waals surface area (Å²) in [6, 6.07) is 18.4. The Bertz CT molecular complexity index is 556. The van der Waals surface area contributed by atoms with Gasteiger partial charge in [-0.1, -0.05) is 42.5 Å². The first-order valence-electron chi connectivity index (χ1n) is 7.30. The lowest BCUT2D eigenvalue weighted by atomic mass is 9.99. The van der Waals surface area contributed by atoms with Gasteiger partial charge in [-0.15, -0.1) is 0 Å². The van der Waals surface area contributed by atoms with E-state index in [1.54, 1.807) is 0 Å². The quantitative estimate of drug-likeness (QED) is 0.856. The summed E-state index contributed by atoms with van der Waals surface area (Å²) in [6.45, 7) is 2.63. The summed E-state index contributed by atoms with van der Waals surface area (Å²) in [6.07, 6.45) is -0.483. The van der Waals surface area contributed by atoms with Crippen LogP contribution in [0.15, 0.2) is 54.6 Å². The smallest absolute Gasteiger partial charge is 0.0909 e. The van der Waals surface area contributed by atoms with Crippen molar-refractivity contribution in [1.29, 1.82) is 0 Å². The first-order chi connectivity index (χ1) is 10.1. The molecule has 2 N–H and O–H groups in total. The van der Waals surface area contributed by atoms with Gasteiger partial charge in [0.05, 0.1) is 12.1 Å². The van der Waals surface area contributed by atoms with Gasteiger partial charge in [-0.05, 0) is 37.2 Å². The number of likely N-dealkylation sites (N-methyl/N-ethyl adjacent to an activating group) is 2. The minimum atomic E-state index is -0.483. The van der Waals surface area contributed by atoms with Gasteiger partial charge < -0.3 is 15.3 Å². The molecule has 0 heterocycles. The molecular weight excluding hydrogens is 260 g/mol. The van der Waals surface area contributed by atoms with Gasteiger partial charge in [0.15, 0.2) is 0 Å². The number of hydrogen-bond donors (Lipinski definition) is 2. The molecule has 2 atom stereocenters. The highest BCUT2D eigenvalue weighted by atomic mass is 16.3. The number of aliphatic hydroxyl groups is 1. The van der Waals surface area contributed by atoms with Gasteiger partial charge in [-0.2, -0.15) is 0 Å². The summed E-state index contributed by atoms with van der Waals surface area (Å²) in [5, 5.41) is 13.6. The molecule has 2 rings (SSSR count). The van der Waals surface area contributed by atoms with Crippen molar-refractivity contribution in [3.8, 4) is 0 Å². The molecule has 2 aromatic rings. The van der Waals surface area contributed by atoms with Crippen molar-refractivity contribution in [2.45, 2.75) is 19.1 Å². The van der Waals surface area contributed by atoms with Crippen LogP contribution in [-0.4, -0.2) is 31.9 Å². The molecule has 0 aliphatic rings. The average Bonchev–Trinajstić information content (AvgIpc) is 2.49. The molecule has 3 heteroatoms. The SMILES string of the molecule is CNCC(O)C(c1ccccc1)N(C)c1cccc(C)c1. The molecule has 0 saturated carbocycles. The fourth-order valence-electron chi connectivity index (χ4n) is 2.68. The summed E-state index contributed by atoms with van der Waals surface area (Å²) in [7, 11) is 3.89. The summed E-state index contributed by atoms with van der Waals surface area (Å²) >= 11 is 0. The summed E-state index contributed by atoms with van der Waals surface area (Å²) in [5.74, 6) is 0. The number of benzene rings is 2. The normalized spacial score (nSPS) is 13.7. The molecule has 0 aliphatic heterocycles. The van der Waals surface area contributed by atoms with Crippen molar-refractivity contribution in [3.63, 3.8) is 0 Å². The second kappa shape index (κ2) is 7.25. The van der Waals surface area contributed by atoms with E-state index in [9.17, 15) is 5.11 Å². The third-order valence-electron chi connectivity index (χ3n) is 3.75. The second-order valence-corrected chi connectivity index (χ2v) is 5.43. The van der Waals surface area contributed by atoms with E-state index in [2.05, 4.69) is 47.5 Å². The molecule has 2 aromatic carbocycles. The number of nitrogens with zero attached hydrogens (tertiary/aromatic N) is 1. The fourth-order valence-corrected chi connectivity index (χ4v) is 2.68. The summed E-state index contributed by atoms with van der Waals surface area (Å²) in [5.41, 5.74) is 3.44. The molecular formula is C18H24N2O. The highest BCUT2D eigenvalue weighted by Gasteiger charge is 2.25. The Balaban J connectivity index is 2.35. The van der Waals surface area contributed by atoms with Gasteiger partial charge in [0.2, 0.25) is 0 Å². The van der Waals surface area contributed by atoms with Gasteiger partial charge in [-0.3, -0.25) is 0 Å². The third kappa shape index (κ3) is 3.84. The number of aryl methyl sites for hydroxylation is 1. The zero-order chi connectivity index (χ0) is 15.2. The standard InChI is InChI=1S/C18H24N2O/c1-14-8-7-11-16(12-14)20(3)18(17(21)13-19-2)15-9-5-4-6-10-15/h4-12,17-19,21H,13H2,1-3H3. The van der Waals surface area contributed by atoms with Crippen molar-refractivity contribution in [2.75, 3.05) is 25.5 Å². The maximum absolute atomic E-state index is 10.6. The fraction of sp³-hybridized carbons (Fsp3) is 0.333. The van der Waals surface area contributed by atoms with Crippen LogP contribution in [-0.2, 0) is 0 Å². The van der Waals surface area contributed by atoms with Crippen molar-refractivity contribution in [2.24, 2.45) is 0 Å². The minimum Gasteiger partial charge on any atom is -0.389 e. The van der Waals surface area contributed by atoms with E-state index < -0.39 is 6.10 Å². The largest absolute Gasteiger partial charge is 0.389 e. The van der Waals surface area contributed by atoms with Gasteiger partial charge in [0.1, 0.15) is 0 Å². The Morgan fingerprint density at radius 2 is 1.81 bits per heavy atom. The minimum absolute atomic E-state index is 0.0829. The van der Waals surface area contributed by atoms with Crippen LogP contribution in [0, 0.1) is 6.92 Å². The number of nitrogens with one attached hydrogen (secondary N) is 1. The predicted octanol–water partition coefficient (Wildman–Crippen LogP) is 2.75. The number of rotatable bonds is 6. The first-order valence-corrected chi connectivity index (χ1v) is 7.30. The molecule has 0 aliphatic carbocycles. The van der Waals surface area contributed by atoms with Crippen LogP contribution in [0.3, 0.4) is 0 Å². The number of anilines is 1. The molecule has 2 unspecified atom stereocenters. The molecule has 0 aromatic heterocycles. The Labute approximate surface area is 127 Å². The summed E-state index contributed by atoms with van der Waals surface area (Å²) < 4.78 is 0. The number of hydrogen-bond acceptors (Lipinski definition) is 3. The van der Waals surface area contributed by atoms with Crippen molar-refractivity contribution in [1.82, 2.24) is 5.32 Å². The predicted molar refractivity (Wildman–Crippen MR) is 88.7 cm³/mol. The van der Waals surface area contributed by atoms with E-state index in [-0.39, 0.29) is 6.04 Å². The first kappa shape index (κ1) is 15.5. The molecule has 112 valence electrons. The van der Waals surface area contributed by atoms with Gasteiger partial charge in [-0.25, -0.2) is 0 Å². The van der Waals surface area contributed by atoms with E-state index in [0.717, 1.165) is 11.3 Å². The Morgan fingerprint density at radius 1 is 1.10 bits per heavy atom. The lowest BCUT2D eigenvalue weighted by Gasteiger charge is -2.34. The monoisotopic (exact) mass is 284 g/mol. The highest BCUT2D eigenvalue weighted by molar-refractivity contribution is 5.50. The van der Waals surface area contributed by atoms with E-state index in [1.807, 2.05) is 38.4 Å². The molecule has 0 radical (unpaired) electrons. The maximum Gasteiger partial charge on any atom is 0.0909 e. The van der Waals surface area contributed by atoms with Crippen LogP contribution < -0.4 is 10.2 Å². The lowest BCUT2D eigenvalue weighted by molar-refractivity contribution is 0.142. The Kier molecular flexibility index (Phi) is 5.37. The average molecular weight is 284 g/mol. The van der Waals surface area contributed by atoms with Crippen molar-refractivity contribution < 1.29 is 5.11 Å². The number of aliphatic hydroxyl groups excluding tert-OH is 1. The Morgan fingerprint density at radius 3 is 2.43 bits per heavy atom. The van der Waals surface area contributed by atoms with Crippen molar-refractivity contribution >= 4 is 5.69 Å². The molecule has 0 fully saturated rings. The van der Waals surface area contributed by atoms with Crippen molar-refractivity contribution in [3.05, 3.63) is 65.7 Å². The van der Waals surface area contributed by atoms with E-state index in [4.69, 9.17) is 0 Å². The third-order valence-corrected chi connectivity index (χ3v) is 3.75. The van der Waals surface area contributed by atoms with Crippen LogP contribution in [0.4, 0.5) is 5.69 Å². The second-order valence-electron chi connectivity index (χ2n) is 5.43. The van der Waals surface area contributed by atoms with Gasteiger partial charge in [0, 0.05) is 19.3 Å². The van der Waals surface area contributed by atoms with Crippen LogP contribution in [0.2, 0.25) is 0 Å². The zero-order valence-corrected chi connectivity index (χ0v) is 13.0. The van der Waals surface area contributed by atoms with Crippen LogP contribution in [0.5, 0.6) is 0 Å². The van der Waals surface area contributed by atoms with Crippen LogP contribution >= 0.6 is 0 Å². The zero-order valence-electron chi connectivity index (χ0n) is 13.0. The molecule has 0 bridgehead atoms. The van der Waals surface area contributed by atoms with Crippen LogP contribution in [0.25, 0.3) is 0 Å². The van der Waals surface area contributed by atoms with Gasteiger partial charge >= 0.3 is 0 Å². The van der Waals surface area contributed by atoms with E-state index >= 15 is 0 Å². The van der Waals surface area contributed by atoms with E-state index in [0.29, 0.717) is 6.54 Å². The maximum atomic E-state index is 10.6. The molecule has 0 spiro atoms. The van der Waals surface area contributed by atoms with Gasteiger partial charge in [0.25, 0.3) is 0 Å². The Hall–Kier alpha value is -1.84. The molecule has 0 saturated heterocycles. The topological polar surface area (TPSA) is 35.5 Å². The van der Waals surface area contributed by atoms with Crippen LogP contribution in [0.1, 0.15) is 17.2 Å². The van der Waals surface area contributed by atoms with E-state index in [1.165, 1.54) is 5.56 Å². The lowest BCUT2D eigenvalue weighted by Crippen LogP contribution is -2.39.